The first-order valence-corrected chi connectivity index (χ1v) is 7.56. The van der Waals surface area contributed by atoms with Crippen molar-refractivity contribution in [1.82, 2.24) is 4.90 Å². The molecule has 2 N–H and O–H groups in total. The largest absolute Gasteiger partial charge is 0.465 e. The van der Waals surface area contributed by atoms with Crippen LogP contribution in [-0.2, 0) is 0 Å². The predicted molar refractivity (Wildman–Crippen MR) is 85.5 cm³/mol. The summed E-state index contributed by atoms with van der Waals surface area (Å²) in [6, 6.07) is 14.5. The van der Waals surface area contributed by atoms with Gasteiger partial charge in [-0.1, -0.05) is 18.2 Å². The number of hydrogen-bond donors (Lipinski definition) is 1. The first kappa shape index (κ1) is 14.2. The fraction of sp³-hybridized carbons (Fsp3) is 0.412. The van der Waals surface area contributed by atoms with E-state index in [1.54, 1.807) is 0 Å². The lowest BCUT2D eigenvalue weighted by Crippen LogP contribution is -2.48. The molecule has 1 aromatic heterocycles. The van der Waals surface area contributed by atoms with Crippen molar-refractivity contribution in [1.29, 1.82) is 0 Å². The average molecular weight is 285 g/mol. The predicted octanol–water partition coefficient (Wildman–Crippen LogP) is 2.41. The number of nitrogens with zero attached hydrogens (tertiary/aromatic N) is 2. The first-order chi connectivity index (χ1) is 10.2. The zero-order valence-corrected chi connectivity index (χ0v) is 12.5. The Hall–Kier alpha value is -1.78. The van der Waals surface area contributed by atoms with Gasteiger partial charge in [-0.15, -0.1) is 0 Å². The SMILES string of the molecule is Cc1ccc(C(N)CN2CCN(c3ccccc3)CC2)o1. The number of rotatable bonds is 4. The second kappa shape index (κ2) is 6.33. The van der Waals surface area contributed by atoms with Crippen molar-refractivity contribution in [3.8, 4) is 0 Å². The Kier molecular flexibility index (Phi) is 4.27. The fourth-order valence-electron chi connectivity index (χ4n) is 2.85. The molecule has 2 heterocycles. The van der Waals surface area contributed by atoms with Gasteiger partial charge in [0.15, 0.2) is 0 Å². The van der Waals surface area contributed by atoms with Crippen molar-refractivity contribution in [2.24, 2.45) is 5.73 Å². The number of nitrogens with two attached hydrogens (primary N) is 1. The standard InChI is InChI=1S/C17H23N3O/c1-14-7-8-17(21-14)16(18)13-19-9-11-20(12-10-19)15-5-3-2-4-6-15/h2-8,16H,9-13,18H2,1H3. The summed E-state index contributed by atoms with van der Waals surface area (Å²) in [5.41, 5.74) is 7.54. The van der Waals surface area contributed by atoms with Crippen LogP contribution in [0.4, 0.5) is 5.69 Å². The molecule has 1 aliphatic heterocycles. The lowest BCUT2D eigenvalue weighted by atomic mass is 10.2. The van der Waals surface area contributed by atoms with E-state index in [1.807, 2.05) is 19.1 Å². The zero-order valence-electron chi connectivity index (χ0n) is 12.5. The third kappa shape index (κ3) is 3.46. The Morgan fingerprint density at radius 3 is 2.38 bits per heavy atom. The molecule has 2 aromatic rings. The minimum absolute atomic E-state index is 0.0398. The highest BCUT2D eigenvalue weighted by atomic mass is 16.3. The van der Waals surface area contributed by atoms with Crippen LogP contribution in [0, 0.1) is 6.92 Å². The summed E-state index contributed by atoms with van der Waals surface area (Å²) < 4.78 is 5.62. The summed E-state index contributed by atoms with van der Waals surface area (Å²) in [5.74, 6) is 1.81. The van der Waals surface area contributed by atoms with Crippen molar-refractivity contribution in [2.75, 3.05) is 37.6 Å². The van der Waals surface area contributed by atoms with Gasteiger partial charge in [0.25, 0.3) is 0 Å². The van der Waals surface area contributed by atoms with E-state index in [4.69, 9.17) is 10.2 Å². The smallest absolute Gasteiger partial charge is 0.122 e. The zero-order chi connectivity index (χ0) is 14.7. The van der Waals surface area contributed by atoms with Gasteiger partial charge in [0, 0.05) is 38.4 Å². The molecule has 1 saturated heterocycles. The van der Waals surface area contributed by atoms with Crippen LogP contribution in [0.2, 0.25) is 0 Å². The molecule has 1 unspecified atom stereocenters. The number of piperazine rings is 1. The Morgan fingerprint density at radius 1 is 1.05 bits per heavy atom. The molecule has 0 aliphatic carbocycles. The molecule has 112 valence electrons. The Morgan fingerprint density at radius 2 is 1.76 bits per heavy atom. The second-order valence-electron chi connectivity index (χ2n) is 5.68. The molecule has 1 atom stereocenters. The molecular weight excluding hydrogens is 262 g/mol. The van der Waals surface area contributed by atoms with Crippen LogP contribution in [0.3, 0.4) is 0 Å². The van der Waals surface area contributed by atoms with Crippen LogP contribution in [-0.4, -0.2) is 37.6 Å². The summed E-state index contributed by atoms with van der Waals surface area (Å²) in [6.45, 7) is 7.00. The number of aryl methyl sites for hydroxylation is 1. The van der Waals surface area contributed by atoms with E-state index in [9.17, 15) is 0 Å². The number of benzene rings is 1. The van der Waals surface area contributed by atoms with Crippen LogP contribution in [0.15, 0.2) is 46.9 Å². The van der Waals surface area contributed by atoms with Gasteiger partial charge in [-0.05, 0) is 31.2 Å². The van der Waals surface area contributed by atoms with Gasteiger partial charge in [0.1, 0.15) is 11.5 Å². The fourth-order valence-corrected chi connectivity index (χ4v) is 2.85. The van der Waals surface area contributed by atoms with Crippen LogP contribution >= 0.6 is 0 Å². The molecule has 0 radical (unpaired) electrons. The summed E-state index contributed by atoms with van der Waals surface area (Å²) in [7, 11) is 0. The number of para-hydroxylation sites is 1. The van der Waals surface area contributed by atoms with E-state index >= 15 is 0 Å². The molecule has 1 fully saturated rings. The highest BCUT2D eigenvalue weighted by Crippen LogP contribution is 2.18. The number of anilines is 1. The Bertz CT molecular complexity index is 558. The van der Waals surface area contributed by atoms with Crippen LogP contribution in [0.5, 0.6) is 0 Å². The maximum absolute atomic E-state index is 6.24. The molecule has 0 amide bonds. The third-order valence-corrected chi connectivity index (χ3v) is 4.08. The highest BCUT2D eigenvalue weighted by Gasteiger charge is 2.20. The van der Waals surface area contributed by atoms with Crippen molar-refractivity contribution in [2.45, 2.75) is 13.0 Å². The quantitative estimate of drug-likeness (QED) is 0.937. The van der Waals surface area contributed by atoms with Crippen LogP contribution in [0.1, 0.15) is 17.6 Å². The lowest BCUT2D eigenvalue weighted by molar-refractivity contribution is 0.233. The van der Waals surface area contributed by atoms with Gasteiger partial charge in [0.05, 0.1) is 6.04 Å². The monoisotopic (exact) mass is 285 g/mol. The van der Waals surface area contributed by atoms with E-state index in [0.717, 1.165) is 44.2 Å². The molecule has 1 aliphatic rings. The van der Waals surface area contributed by atoms with Gasteiger partial charge in [-0.2, -0.15) is 0 Å². The van der Waals surface area contributed by atoms with E-state index in [2.05, 4.69) is 40.1 Å². The number of hydrogen-bond acceptors (Lipinski definition) is 4. The molecule has 3 rings (SSSR count). The normalized spacial score (nSPS) is 17.9. The van der Waals surface area contributed by atoms with Crippen molar-refractivity contribution in [3.63, 3.8) is 0 Å². The Labute approximate surface area is 126 Å². The lowest BCUT2D eigenvalue weighted by Gasteiger charge is -2.36. The van der Waals surface area contributed by atoms with Crippen molar-refractivity contribution >= 4 is 5.69 Å². The summed E-state index contributed by atoms with van der Waals surface area (Å²) in [4.78, 5) is 4.85. The van der Waals surface area contributed by atoms with E-state index < -0.39 is 0 Å². The molecule has 4 nitrogen and oxygen atoms in total. The first-order valence-electron chi connectivity index (χ1n) is 7.56. The van der Waals surface area contributed by atoms with Crippen LogP contribution < -0.4 is 10.6 Å². The molecule has 1 aromatic carbocycles. The maximum Gasteiger partial charge on any atom is 0.122 e. The van der Waals surface area contributed by atoms with Crippen molar-refractivity contribution < 1.29 is 4.42 Å². The van der Waals surface area contributed by atoms with Gasteiger partial charge < -0.3 is 15.1 Å². The van der Waals surface area contributed by atoms with E-state index in [0.29, 0.717) is 0 Å². The number of furan rings is 1. The molecule has 0 bridgehead atoms. The van der Waals surface area contributed by atoms with Crippen LogP contribution in [0.25, 0.3) is 0 Å². The second-order valence-corrected chi connectivity index (χ2v) is 5.68. The topological polar surface area (TPSA) is 45.6 Å². The highest BCUT2D eigenvalue weighted by molar-refractivity contribution is 5.46. The van der Waals surface area contributed by atoms with E-state index in [-0.39, 0.29) is 6.04 Å². The molecular formula is C17H23N3O. The van der Waals surface area contributed by atoms with Gasteiger partial charge in [0.2, 0.25) is 0 Å². The molecule has 4 heteroatoms. The van der Waals surface area contributed by atoms with Crippen molar-refractivity contribution in [3.05, 3.63) is 54.0 Å². The minimum Gasteiger partial charge on any atom is -0.465 e. The van der Waals surface area contributed by atoms with Gasteiger partial charge in [-0.25, -0.2) is 0 Å². The molecule has 0 saturated carbocycles. The van der Waals surface area contributed by atoms with Gasteiger partial charge in [-0.3, -0.25) is 4.90 Å². The summed E-state index contributed by atoms with van der Waals surface area (Å²) in [6.07, 6.45) is 0. The van der Waals surface area contributed by atoms with Gasteiger partial charge >= 0.3 is 0 Å². The maximum atomic E-state index is 6.24. The summed E-state index contributed by atoms with van der Waals surface area (Å²) in [5, 5.41) is 0. The molecule has 0 spiro atoms. The average Bonchev–Trinajstić information content (AvgIpc) is 2.96. The molecule has 21 heavy (non-hydrogen) atoms. The summed E-state index contributed by atoms with van der Waals surface area (Å²) >= 11 is 0. The Balaban J connectivity index is 1.52. The minimum atomic E-state index is -0.0398. The third-order valence-electron chi connectivity index (χ3n) is 4.08. The van der Waals surface area contributed by atoms with E-state index in [1.165, 1.54) is 5.69 Å².